The molecule has 4 aromatic rings. The number of fused-ring (bicyclic) bond motifs is 1. The molecule has 0 aliphatic heterocycles. The van der Waals surface area contributed by atoms with Crippen LogP contribution in [0.1, 0.15) is 13.3 Å². The van der Waals surface area contributed by atoms with Crippen LogP contribution in [0.2, 0.25) is 0 Å². The monoisotopic (exact) mass is 404 g/mol. The smallest absolute Gasteiger partial charge is 0.165 e. The van der Waals surface area contributed by atoms with E-state index < -0.39 is 8.07 Å². The van der Waals surface area contributed by atoms with Crippen LogP contribution in [0, 0.1) is 0 Å². The fraction of sp³-hybridized carbons (Fsp3) is 0.227. The number of benzene rings is 2. The third-order valence-electron chi connectivity index (χ3n) is 4.79. The average Bonchev–Trinajstić information content (AvgIpc) is 3.18. The van der Waals surface area contributed by atoms with Crippen LogP contribution in [0.4, 0.5) is 5.82 Å². The van der Waals surface area contributed by atoms with Crippen LogP contribution < -0.4 is 16.3 Å². The fourth-order valence-corrected chi connectivity index (χ4v) is 6.02. The molecule has 0 saturated heterocycles. The van der Waals surface area contributed by atoms with E-state index >= 15 is 0 Å². The topological polar surface area (TPSA) is 72.9 Å². The molecule has 148 valence electrons. The van der Waals surface area contributed by atoms with E-state index in [0.29, 0.717) is 11.3 Å². The Kier molecular flexibility index (Phi) is 6.13. The Morgan fingerprint density at radius 3 is 2.17 bits per heavy atom. The van der Waals surface area contributed by atoms with Crippen LogP contribution in [0.15, 0.2) is 73.3 Å². The Morgan fingerprint density at radius 1 is 0.897 bits per heavy atom. The van der Waals surface area contributed by atoms with E-state index in [2.05, 4.69) is 91.8 Å². The molecule has 0 unspecified atom stereocenters. The van der Waals surface area contributed by atoms with Crippen LogP contribution in [-0.2, 0) is 6.54 Å². The van der Waals surface area contributed by atoms with Gasteiger partial charge in [0.2, 0.25) is 0 Å². The van der Waals surface area contributed by atoms with Crippen LogP contribution >= 0.6 is 8.07 Å². The number of nitrogen functional groups attached to an aromatic ring is 1. The highest BCUT2D eigenvalue weighted by Crippen LogP contribution is 2.38. The Balaban J connectivity index is 1.64. The summed E-state index contributed by atoms with van der Waals surface area (Å²) in [6, 6.07) is 21.6. The maximum Gasteiger partial charge on any atom is 0.165 e. The number of aromatic nitrogens is 4. The van der Waals surface area contributed by atoms with Crippen molar-refractivity contribution in [2.75, 3.05) is 18.8 Å². The largest absolute Gasteiger partial charge is 0.382 e. The molecule has 2 aromatic carbocycles. The number of imidazole rings is 1. The van der Waals surface area contributed by atoms with Crippen LogP contribution in [0.25, 0.3) is 11.2 Å². The minimum absolute atomic E-state index is 0.426. The van der Waals surface area contributed by atoms with Gasteiger partial charge in [0.15, 0.2) is 11.5 Å². The molecule has 0 saturated carbocycles. The maximum absolute atomic E-state index is 5.94. The van der Waals surface area contributed by atoms with Crippen LogP contribution in [0.3, 0.4) is 0 Å². The number of anilines is 1. The minimum Gasteiger partial charge on any atom is -0.382 e. The van der Waals surface area contributed by atoms with Crippen molar-refractivity contribution in [1.82, 2.24) is 24.2 Å². The van der Waals surface area contributed by atoms with Crippen LogP contribution in [-0.4, -0.2) is 37.3 Å². The van der Waals surface area contributed by atoms with Crippen molar-refractivity contribution in [3.05, 3.63) is 73.3 Å². The Labute approximate surface area is 172 Å². The first-order valence-electron chi connectivity index (χ1n) is 9.84. The van der Waals surface area contributed by atoms with E-state index in [9.17, 15) is 0 Å². The average molecular weight is 404 g/mol. The molecule has 0 amide bonds. The van der Waals surface area contributed by atoms with Crippen molar-refractivity contribution in [2.45, 2.75) is 19.9 Å². The lowest BCUT2D eigenvalue weighted by atomic mass is 10.4. The first-order valence-corrected chi connectivity index (χ1v) is 11.1. The summed E-state index contributed by atoms with van der Waals surface area (Å²) in [4.78, 5) is 12.8. The van der Waals surface area contributed by atoms with Gasteiger partial charge in [-0.25, -0.2) is 15.0 Å². The molecule has 7 heteroatoms. The fourth-order valence-electron chi connectivity index (χ4n) is 3.47. The summed E-state index contributed by atoms with van der Waals surface area (Å²) in [6.07, 6.45) is 4.41. The maximum atomic E-state index is 5.94. The SMILES string of the molecule is CCCN(CCn1cnc2c(N)ncnc21)P(c1ccccc1)c1ccccc1. The predicted molar refractivity (Wildman–Crippen MR) is 121 cm³/mol. The molecule has 0 radical (unpaired) electrons. The highest BCUT2D eigenvalue weighted by Gasteiger charge is 2.22. The lowest BCUT2D eigenvalue weighted by Crippen LogP contribution is -2.32. The molecule has 0 aliphatic carbocycles. The van der Waals surface area contributed by atoms with Crippen molar-refractivity contribution in [2.24, 2.45) is 0 Å². The molecule has 0 atom stereocenters. The molecule has 2 N–H and O–H groups in total. The van der Waals surface area contributed by atoms with E-state index in [0.717, 1.165) is 31.7 Å². The van der Waals surface area contributed by atoms with E-state index in [-0.39, 0.29) is 0 Å². The lowest BCUT2D eigenvalue weighted by molar-refractivity contribution is 0.432. The number of rotatable bonds is 8. The van der Waals surface area contributed by atoms with Gasteiger partial charge >= 0.3 is 0 Å². The molecule has 6 nitrogen and oxygen atoms in total. The zero-order chi connectivity index (χ0) is 20.1. The number of hydrogen-bond acceptors (Lipinski definition) is 5. The van der Waals surface area contributed by atoms with Gasteiger partial charge < -0.3 is 10.3 Å². The number of hydrogen-bond donors (Lipinski definition) is 1. The predicted octanol–water partition coefficient (Wildman–Crippen LogP) is 3.17. The summed E-state index contributed by atoms with van der Waals surface area (Å²) in [5.74, 6) is 0.426. The Hall–Kier alpha value is -2.82. The molecule has 0 fully saturated rings. The minimum atomic E-state index is -0.609. The van der Waals surface area contributed by atoms with E-state index in [1.165, 1.54) is 16.9 Å². The standard InChI is InChI=1S/C22H25N6P/c1-2-13-28(15-14-27-17-26-20-21(23)24-16-25-22(20)27)29(18-9-5-3-6-10-18)19-11-7-4-8-12-19/h3-12,16-17H,2,13-15H2,1H3,(H2,23,24,25). The third kappa shape index (κ3) is 4.29. The zero-order valence-corrected chi connectivity index (χ0v) is 17.4. The number of nitrogens with two attached hydrogens (primary N) is 1. The van der Waals surface area contributed by atoms with Crippen molar-refractivity contribution in [1.29, 1.82) is 0 Å². The second-order valence-electron chi connectivity index (χ2n) is 6.81. The molecule has 0 aliphatic rings. The Bertz CT molecular complexity index is 1010. The van der Waals surface area contributed by atoms with Crippen molar-refractivity contribution < 1.29 is 0 Å². The quantitative estimate of drug-likeness (QED) is 0.457. The molecular formula is C22H25N6P. The highest BCUT2D eigenvalue weighted by molar-refractivity contribution is 7.70. The van der Waals surface area contributed by atoms with E-state index in [4.69, 9.17) is 5.73 Å². The normalized spacial score (nSPS) is 11.6. The van der Waals surface area contributed by atoms with Gasteiger partial charge in [-0.15, -0.1) is 0 Å². The molecule has 4 rings (SSSR count). The molecule has 2 heterocycles. The summed E-state index contributed by atoms with van der Waals surface area (Å²) in [5, 5.41) is 2.73. The molecule has 0 bridgehead atoms. The van der Waals surface area contributed by atoms with Gasteiger partial charge in [0, 0.05) is 27.7 Å². The third-order valence-corrected chi connectivity index (χ3v) is 7.33. The van der Waals surface area contributed by atoms with Gasteiger partial charge in [-0.05, 0) is 17.0 Å². The van der Waals surface area contributed by atoms with Gasteiger partial charge in [0.05, 0.1) is 6.33 Å². The number of nitrogens with zero attached hydrogens (tertiary/aromatic N) is 5. The van der Waals surface area contributed by atoms with Crippen molar-refractivity contribution >= 4 is 35.7 Å². The lowest BCUT2D eigenvalue weighted by Gasteiger charge is -2.32. The second-order valence-corrected chi connectivity index (χ2v) is 9.03. The molecular weight excluding hydrogens is 379 g/mol. The van der Waals surface area contributed by atoms with E-state index in [1.807, 2.05) is 6.33 Å². The summed E-state index contributed by atoms with van der Waals surface area (Å²) in [7, 11) is -0.609. The summed E-state index contributed by atoms with van der Waals surface area (Å²) < 4.78 is 4.66. The Morgan fingerprint density at radius 2 is 1.55 bits per heavy atom. The van der Waals surface area contributed by atoms with Crippen molar-refractivity contribution in [3.8, 4) is 0 Å². The molecule has 29 heavy (non-hydrogen) atoms. The summed E-state index contributed by atoms with van der Waals surface area (Å²) in [5.41, 5.74) is 7.40. The van der Waals surface area contributed by atoms with Gasteiger partial charge in [-0.2, -0.15) is 0 Å². The van der Waals surface area contributed by atoms with Gasteiger partial charge in [-0.1, -0.05) is 67.6 Å². The second kappa shape index (κ2) is 9.12. The van der Waals surface area contributed by atoms with Crippen molar-refractivity contribution in [3.63, 3.8) is 0 Å². The molecule has 0 spiro atoms. The van der Waals surface area contributed by atoms with E-state index in [1.54, 1.807) is 0 Å². The first kappa shape index (κ1) is 19.5. The first-order chi connectivity index (χ1) is 14.3. The summed E-state index contributed by atoms with van der Waals surface area (Å²) in [6.45, 7) is 4.96. The van der Waals surface area contributed by atoms with Gasteiger partial charge in [0.1, 0.15) is 11.8 Å². The summed E-state index contributed by atoms with van der Waals surface area (Å²) >= 11 is 0. The zero-order valence-electron chi connectivity index (χ0n) is 16.5. The van der Waals surface area contributed by atoms with Gasteiger partial charge in [-0.3, -0.25) is 4.67 Å². The van der Waals surface area contributed by atoms with Gasteiger partial charge in [0.25, 0.3) is 0 Å². The van der Waals surface area contributed by atoms with Crippen LogP contribution in [0.5, 0.6) is 0 Å². The molecule has 2 aromatic heterocycles. The highest BCUT2D eigenvalue weighted by atomic mass is 31.1.